The molecule has 0 fully saturated rings. The maximum absolute atomic E-state index is 13.1. The van der Waals surface area contributed by atoms with Crippen LogP contribution in [0.4, 0.5) is 5.69 Å². The summed E-state index contributed by atoms with van der Waals surface area (Å²) in [6.45, 7) is 5.75. The third-order valence-electron chi connectivity index (χ3n) is 4.76. The number of anilines is 1. The predicted molar refractivity (Wildman–Crippen MR) is 118 cm³/mol. The topological polar surface area (TPSA) is 79.6 Å². The normalized spacial score (nSPS) is 11.9. The molecule has 0 aliphatic heterocycles. The van der Waals surface area contributed by atoms with E-state index in [2.05, 4.69) is 5.32 Å². The predicted octanol–water partition coefficient (Wildman–Crippen LogP) is 4.63. The van der Waals surface area contributed by atoms with Gasteiger partial charge in [0.2, 0.25) is 5.91 Å². The van der Waals surface area contributed by atoms with Gasteiger partial charge in [0.25, 0.3) is 5.91 Å². The van der Waals surface area contributed by atoms with E-state index in [0.29, 0.717) is 34.6 Å². The van der Waals surface area contributed by atoms with Crippen LogP contribution in [0.3, 0.4) is 0 Å². The number of hydrogen-bond acceptors (Lipinski definition) is 4. The van der Waals surface area contributed by atoms with Gasteiger partial charge in [-0.2, -0.15) is 0 Å². The highest BCUT2D eigenvalue weighted by Gasteiger charge is 2.28. The van der Waals surface area contributed by atoms with E-state index < -0.39 is 11.9 Å². The van der Waals surface area contributed by atoms with Crippen molar-refractivity contribution in [2.24, 2.45) is 0 Å². The van der Waals surface area contributed by atoms with E-state index in [1.165, 1.54) is 11.0 Å². The molecule has 1 aromatic heterocycles. The van der Waals surface area contributed by atoms with Gasteiger partial charge in [0, 0.05) is 23.3 Å². The van der Waals surface area contributed by atoms with Gasteiger partial charge in [-0.1, -0.05) is 36.2 Å². The molecule has 3 rings (SSSR count). The quantitative estimate of drug-likeness (QED) is 0.623. The van der Waals surface area contributed by atoms with Gasteiger partial charge in [-0.05, 0) is 50.6 Å². The van der Waals surface area contributed by atoms with Crippen molar-refractivity contribution < 1.29 is 14.0 Å². The highest BCUT2D eigenvalue weighted by molar-refractivity contribution is 6.30. The Morgan fingerprint density at radius 1 is 1.17 bits per heavy atom. The van der Waals surface area contributed by atoms with E-state index >= 15 is 0 Å². The number of nitrogens with zero attached hydrogens (tertiary/aromatic N) is 1. The first-order valence-corrected chi connectivity index (χ1v) is 10.1. The lowest BCUT2D eigenvalue weighted by atomic mass is 10.1. The highest BCUT2D eigenvalue weighted by atomic mass is 35.5. The molecule has 156 valence electrons. The number of benzene rings is 2. The van der Waals surface area contributed by atoms with Crippen LogP contribution >= 0.6 is 11.6 Å². The summed E-state index contributed by atoms with van der Waals surface area (Å²) < 4.78 is 5.71. The van der Waals surface area contributed by atoms with Gasteiger partial charge in [0.1, 0.15) is 11.6 Å². The smallest absolute Gasteiger partial charge is 0.290 e. The molecular weight excluding hydrogens is 404 g/mol. The first-order valence-electron chi connectivity index (χ1n) is 9.72. The Morgan fingerprint density at radius 3 is 2.63 bits per heavy atom. The zero-order valence-electron chi connectivity index (χ0n) is 17.1. The lowest BCUT2D eigenvalue weighted by molar-refractivity contribution is -0.120. The van der Waals surface area contributed by atoms with Crippen LogP contribution in [0.1, 0.15) is 36.4 Å². The third kappa shape index (κ3) is 4.71. The third-order valence-corrected chi connectivity index (χ3v) is 4.99. The van der Waals surface area contributed by atoms with Crippen LogP contribution < -0.4 is 10.7 Å². The van der Waals surface area contributed by atoms with Gasteiger partial charge in [-0.25, -0.2) is 0 Å². The summed E-state index contributed by atoms with van der Waals surface area (Å²) in [5.74, 6) is -0.963. The summed E-state index contributed by atoms with van der Waals surface area (Å²) in [7, 11) is 0. The molecule has 6 nitrogen and oxygen atoms in total. The number of hydrogen-bond donors (Lipinski definition) is 1. The average Bonchev–Trinajstić information content (AvgIpc) is 2.71. The van der Waals surface area contributed by atoms with Crippen LogP contribution in [-0.4, -0.2) is 29.3 Å². The van der Waals surface area contributed by atoms with Crippen LogP contribution in [0.15, 0.2) is 57.7 Å². The van der Waals surface area contributed by atoms with Gasteiger partial charge in [-0.3, -0.25) is 14.4 Å². The second-order valence-corrected chi connectivity index (χ2v) is 7.59. The molecule has 0 radical (unpaired) electrons. The molecule has 7 heteroatoms. The monoisotopic (exact) mass is 426 g/mol. The fourth-order valence-corrected chi connectivity index (χ4v) is 3.37. The summed E-state index contributed by atoms with van der Waals surface area (Å²) in [4.78, 5) is 39.8. The van der Waals surface area contributed by atoms with Crippen molar-refractivity contribution in [3.8, 4) is 0 Å². The molecule has 2 aromatic carbocycles. The summed E-state index contributed by atoms with van der Waals surface area (Å²) in [5, 5.41) is 3.68. The van der Waals surface area contributed by atoms with Crippen LogP contribution in [-0.2, 0) is 4.79 Å². The molecule has 0 spiro atoms. The number of amides is 2. The van der Waals surface area contributed by atoms with Gasteiger partial charge < -0.3 is 14.6 Å². The maximum atomic E-state index is 13.1. The summed E-state index contributed by atoms with van der Waals surface area (Å²) in [5.41, 5.74) is 1.50. The number of fused-ring (bicyclic) bond motifs is 1. The van der Waals surface area contributed by atoms with Crippen molar-refractivity contribution in [1.29, 1.82) is 0 Å². The Hall–Kier alpha value is -3.12. The number of rotatable bonds is 6. The lowest BCUT2D eigenvalue weighted by Crippen LogP contribution is -2.46. The van der Waals surface area contributed by atoms with E-state index in [0.717, 1.165) is 5.56 Å². The lowest BCUT2D eigenvalue weighted by Gasteiger charge is -2.27. The molecule has 2 amide bonds. The Kier molecular flexibility index (Phi) is 6.57. The van der Waals surface area contributed by atoms with Crippen molar-refractivity contribution in [2.45, 2.75) is 33.2 Å². The van der Waals surface area contributed by atoms with Gasteiger partial charge in [0.05, 0.1) is 5.39 Å². The first kappa shape index (κ1) is 21.6. The molecule has 1 unspecified atom stereocenters. The van der Waals surface area contributed by atoms with Crippen LogP contribution in [0, 0.1) is 6.92 Å². The second-order valence-electron chi connectivity index (χ2n) is 7.15. The summed E-state index contributed by atoms with van der Waals surface area (Å²) in [6.07, 6.45) is 0.636. The SMILES string of the molecule is CCCN(C(=O)c1cc(=O)c2cc(C)ccc2o1)C(C)C(=O)Nc1cccc(Cl)c1. The molecule has 1 N–H and O–H groups in total. The molecule has 30 heavy (non-hydrogen) atoms. The molecular formula is C23H23ClN2O4. The zero-order valence-corrected chi connectivity index (χ0v) is 17.8. The molecule has 0 bridgehead atoms. The second kappa shape index (κ2) is 9.13. The number of carbonyl (C=O) groups is 2. The number of halogens is 1. The summed E-state index contributed by atoms with van der Waals surface area (Å²) >= 11 is 5.97. The van der Waals surface area contributed by atoms with Gasteiger partial charge >= 0.3 is 0 Å². The van der Waals surface area contributed by atoms with E-state index in [9.17, 15) is 14.4 Å². The molecule has 0 saturated carbocycles. The molecule has 1 heterocycles. The Morgan fingerprint density at radius 2 is 1.93 bits per heavy atom. The van der Waals surface area contributed by atoms with Crippen LogP contribution in [0.25, 0.3) is 11.0 Å². The van der Waals surface area contributed by atoms with E-state index in [1.807, 2.05) is 19.9 Å². The fourth-order valence-electron chi connectivity index (χ4n) is 3.18. The molecule has 0 saturated heterocycles. The van der Waals surface area contributed by atoms with Crippen LogP contribution in [0.5, 0.6) is 0 Å². The van der Waals surface area contributed by atoms with E-state index in [-0.39, 0.29) is 17.1 Å². The van der Waals surface area contributed by atoms with Crippen molar-refractivity contribution in [2.75, 3.05) is 11.9 Å². The number of nitrogens with one attached hydrogen (secondary N) is 1. The minimum atomic E-state index is -0.782. The van der Waals surface area contributed by atoms with Crippen molar-refractivity contribution in [1.82, 2.24) is 4.90 Å². The molecule has 1 atom stereocenters. The largest absolute Gasteiger partial charge is 0.451 e. The standard InChI is InChI=1S/C23H23ClN2O4/c1-4-10-26(15(3)22(28)25-17-7-5-6-16(24)12-17)23(29)21-13-19(27)18-11-14(2)8-9-20(18)30-21/h5-9,11-13,15H,4,10H2,1-3H3,(H,25,28). The first-order chi connectivity index (χ1) is 14.3. The maximum Gasteiger partial charge on any atom is 0.290 e. The van der Waals surface area contributed by atoms with E-state index in [4.69, 9.17) is 16.0 Å². The Balaban J connectivity index is 1.88. The number of aryl methyl sites for hydroxylation is 1. The summed E-state index contributed by atoms with van der Waals surface area (Å²) in [6, 6.07) is 12.4. The highest BCUT2D eigenvalue weighted by Crippen LogP contribution is 2.18. The fraction of sp³-hybridized carbons (Fsp3) is 0.261. The van der Waals surface area contributed by atoms with Crippen molar-refractivity contribution in [3.63, 3.8) is 0 Å². The minimum Gasteiger partial charge on any atom is -0.451 e. The number of carbonyl (C=O) groups excluding carboxylic acids is 2. The van der Waals surface area contributed by atoms with Crippen molar-refractivity contribution >= 4 is 40.1 Å². The van der Waals surface area contributed by atoms with Gasteiger partial charge in [-0.15, -0.1) is 0 Å². The van der Waals surface area contributed by atoms with Crippen LogP contribution in [0.2, 0.25) is 5.02 Å². The van der Waals surface area contributed by atoms with Crippen molar-refractivity contribution in [3.05, 3.63) is 75.1 Å². The molecule has 0 aliphatic rings. The average molecular weight is 427 g/mol. The Labute approximate surface area is 179 Å². The Bertz CT molecular complexity index is 1160. The molecule has 0 aliphatic carbocycles. The zero-order chi connectivity index (χ0) is 21.8. The molecule has 3 aromatic rings. The minimum absolute atomic E-state index is 0.0905. The van der Waals surface area contributed by atoms with Gasteiger partial charge in [0.15, 0.2) is 11.2 Å². The van der Waals surface area contributed by atoms with E-state index in [1.54, 1.807) is 43.3 Å².